The van der Waals surface area contributed by atoms with Crippen molar-refractivity contribution < 1.29 is 39.9 Å². The highest BCUT2D eigenvalue weighted by Gasteiger charge is 2.67. The van der Waals surface area contributed by atoms with Gasteiger partial charge in [-0.05, 0) is 195 Å². The van der Waals surface area contributed by atoms with Crippen molar-refractivity contribution in [2.24, 2.45) is 92.7 Å². The maximum absolute atomic E-state index is 13.7. The molecule has 0 aromatic rings. The van der Waals surface area contributed by atoms with Crippen molar-refractivity contribution in [3.63, 3.8) is 0 Å². The summed E-state index contributed by atoms with van der Waals surface area (Å²) >= 11 is 0. The Balaban J connectivity index is 0.863. The summed E-state index contributed by atoms with van der Waals surface area (Å²) < 4.78 is 4.92. The van der Waals surface area contributed by atoms with Gasteiger partial charge in [0.2, 0.25) is 5.91 Å². The van der Waals surface area contributed by atoms with Crippen molar-refractivity contribution in [1.82, 2.24) is 5.32 Å². The molecule has 8 aliphatic carbocycles. The van der Waals surface area contributed by atoms with Gasteiger partial charge >= 0.3 is 5.97 Å². The fourth-order valence-electron chi connectivity index (χ4n) is 17.9. The van der Waals surface area contributed by atoms with Crippen molar-refractivity contribution >= 4 is 11.9 Å². The zero-order valence-electron chi connectivity index (χ0n) is 37.1. The monoisotopic (exact) mass is 812 g/mol. The molecule has 58 heavy (non-hydrogen) atoms. The lowest BCUT2D eigenvalue weighted by molar-refractivity contribution is -0.207. The Morgan fingerprint density at radius 2 is 1.10 bits per heavy atom. The van der Waals surface area contributed by atoms with Crippen LogP contribution in [0.4, 0.5) is 0 Å². The first-order valence-corrected chi connectivity index (χ1v) is 24.1. The van der Waals surface area contributed by atoms with E-state index in [4.69, 9.17) is 4.74 Å². The van der Waals surface area contributed by atoms with Crippen LogP contribution >= 0.6 is 0 Å². The Bertz CT molecular complexity index is 1520. The second-order valence-corrected chi connectivity index (χ2v) is 23.3. The number of hydrogen-bond acceptors (Lipinski definition) is 8. The molecular weight excluding hydrogens is 731 g/mol. The van der Waals surface area contributed by atoms with Crippen LogP contribution in [0.1, 0.15) is 157 Å². The summed E-state index contributed by atoms with van der Waals surface area (Å²) in [5.41, 5.74) is -0.452. The van der Waals surface area contributed by atoms with Crippen molar-refractivity contribution in [2.75, 3.05) is 7.11 Å². The summed E-state index contributed by atoms with van der Waals surface area (Å²) in [6, 6.07) is 0.0966. The van der Waals surface area contributed by atoms with E-state index in [2.05, 4.69) is 46.9 Å². The van der Waals surface area contributed by atoms with E-state index in [0.717, 1.165) is 103 Å². The number of methoxy groups -OCH3 is 1. The van der Waals surface area contributed by atoms with Crippen LogP contribution in [0.3, 0.4) is 0 Å². The number of aliphatic hydroxyl groups is 5. The number of carbonyl (C=O) groups excluding carboxylic acids is 2. The first-order chi connectivity index (χ1) is 27.4. The fourth-order valence-corrected chi connectivity index (χ4v) is 17.9. The summed E-state index contributed by atoms with van der Waals surface area (Å²) in [7, 11) is 1.44. The number of carbonyl (C=O) groups is 2. The number of rotatable bonds is 9. The minimum Gasteiger partial charge on any atom is -0.469 e. The van der Waals surface area contributed by atoms with Crippen molar-refractivity contribution in [3.8, 4) is 0 Å². The Morgan fingerprint density at radius 1 is 0.621 bits per heavy atom. The molecule has 8 saturated carbocycles. The van der Waals surface area contributed by atoms with E-state index in [1.807, 2.05) is 0 Å². The lowest BCUT2D eigenvalue weighted by Gasteiger charge is -2.63. The minimum atomic E-state index is -0.433. The molecule has 0 saturated heterocycles. The molecule has 22 atom stereocenters. The largest absolute Gasteiger partial charge is 0.469 e. The summed E-state index contributed by atoms with van der Waals surface area (Å²) in [5, 5.41) is 61.6. The third-order valence-corrected chi connectivity index (χ3v) is 21.3. The molecule has 0 bridgehead atoms. The molecule has 1 amide bonds. The summed E-state index contributed by atoms with van der Waals surface area (Å²) in [6.45, 7) is 13.9. The Kier molecular flexibility index (Phi) is 11.8. The highest BCUT2D eigenvalue weighted by Crippen LogP contribution is 2.70. The number of fused-ring (bicyclic) bond motifs is 10. The van der Waals surface area contributed by atoms with Gasteiger partial charge in [0.15, 0.2) is 0 Å². The van der Waals surface area contributed by atoms with Gasteiger partial charge in [0.1, 0.15) is 0 Å². The highest BCUT2D eigenvalue weighted by molar-refractivity contribution is 5.76. The fraction of sp³-hybridized carbons (Fsp3) is 0.959. The van der Waals surface area contributed by atoms with E-state index in [9.17, 15) is 35.1 Å². The summed E-state index contributed by atoms with van der Waals surface area (Å²) in [5.74, 6) is 3.22. The van der Waals surface area contributed by atoms with Gasteiger partial charge in [-0.15, -0.1) is 0 Å². The van der Waals surface area contributed by atoms with Crippen molar-refractivity contribution in [2.45, 2.75) is 194 Å². The van der Waals surface area contributed by atoms with E-state index >= 15 is 0 Å². The number of ether oxygens (including phenoxy) is 1. The van der Waals surface area contributed by atoms with Crippen molar-refractivity contribution in [1.29, 1.82) is 0 Å². The highest BCUT2D eigenvalue weighted by atomic mass is 16.5. The van der Waals surface area contributed by atoms with Gasteiger partial charge in [-0.2, -0.15) is 0 Å². The molecule has 9 nitrogen and oxygen atoms in total. The molecule has 0 radical (unpaired) electrons. The second kappa shape index (κ2) is 15.8. The van der Waals surface area contributed by atoms with Crippen LogP contribution < -0.4 is 5.32 Å². The first-order valence-electron chi connectivity index (χ1n) is 24.1. The van der Waals surface area contributed by atoms with E-state index in [1.54, 1.807) is 0 Å². The van der Waals surface area contributed by atoms with E-state index in [-0.39, 0.29) is 93.2 Å². The molecule has 0 heterocycles. The number of amides is 1. The average molecular weight is 812 g/mol. The average Bonchev–Trinajstić information content (AvgIpc) is 3.73. The van der Waals surface area contributed by atoms with Crippen LogP contribution in [0.5, 0.6) is 0 Å². The van der Waals surface area contributed by atoms with E-state index in [1.165, 1.54) is 7.11 Å². The number of nitrogens with one attached hydrogen (secondary N) is 1. The molecule has 0 aromatic heterocycles. The molecule has 6 N–H and O–H groups in total. The van der Waals surface area contributed by atoms with Gasteiger partial charge in [0.25, 0.3) is 0 Å². The second-order valence-electron chi connectivity index (χ2n) is 23.3. The predicted octanol–water partition coefficient (Wildman–Crippen LogP) is 7.04. The van der Waals surface area contributed by atoms with Gasteiger partial charge < -0.3 is 35.6 Å². The minimum absolute atomic E-state index is 0.0211. The molecular formula is C49H81NO8. The van der Waals surface area contributed by atoms with Crippen LogP contribution in [-0.4, -0.2) is 81.1 Å². The summed E-state index contributed by atoms with van der Waals surface area (Å²) in [4.78, 5) is 25.6. The summed E-state index contributed by atoms with van der Waals surface area (Å²) in [6.07, 6.45) is 13.0. The molecule has 0 unspecified atom stereocenters. The van der Waals surface area contributed by atoms with Gasteiger partial charge in [0.05, 0.1) is 37.6 Å². The van der Waals surface area contributed by atoms with Crippen LogP contribution in [0.2, 0.25) is 0 Å². The van der Waals surface area contributed by atoms with Gasteiger partial charge in [-0.25, -0.2) is 0 Å². The molecule has 8 fully saturated rings. The lowest BCUT2D eigenvalue weighted by atomic mass is 9.43. The third-order valence-electron chi connectivity index (χ3n) is 21.3. The molecule has 0 aliphatic heterocycles. The maximum Gasteiger partial charge on any atom is 0.305 e. The molecule has 0 spiro atoms. The van der Waals surface area contributed by atoms with Crippen LogP contribution in [0, 0.1) is 92.7 Å². The molecule has 8 aliphatic rings. The number of esters is 1. The quantitative estimate of drug-likeness (QED) is 0.136. The van der Waals surface area contributed by atoms with Crippen LogP contribution in [-0.2, 0) is 14.3 Å². The van der Waals surface area contributed by atoms with Crippen LogP contribution in [0.25, 0.3) is 0 Å². The van der Waals surface area contributed by atoms with Gasteiger partial charge in [-0.1, -0.05) is 41.5 Å². The van der Waals surface area contributed by atoms with Gasteiger partial charge in [-0.3, -0.25) is 9.59 Å². The van der Waals surface area contributed by atoms with E-state index < -0.39 is 18.3 Å². The maximum atomic E-state index is 13.7. The van der Waals surface area contributed by atoms with Crippen molar-refractivity contribution in [3.05, 3.63) is 0 Å². The predicted molar refractivity (Wildman–Crippen MR) is 223 cm³/mol. The Labute approximate surface area is 349 Å². The number of aliphatic hydroxyl groups excluding tert-OH is 5. The molecule has 8 rings (SSSR count). The zero-order valence-corrected chi connectivity index (χ0v) is 37.1. The molecule has 9 heteroatoms. The van der Waals surface area contributed by atoms with E-state index in [0.29, 0.717) is 42.4 Å². The normalized spacial score (nSPS) is 53.1. The lowest BCUT2D eigenvalue weighted by Crippen LogP contribution is -2.63. The Morgan fingerprint density at radius 3 is 1.62 bits per heavy atom. The number of hydrogen-bond donors (Lipinski definition) is 6. The SMILES string of the molecule is COC(=O)CC[C@@H](C)[C@H]1CC[C@H]2[C@@H]3[C@H](O)C[C@@H]4C[C@@H](NC(=O)CC[C@@H](C)[C@H]5CC[C@H]6[C@@H]7[C@H](O)C[C@@H]8C[C@H](O)CC[C@]8(C)[C@H]7C[C@H](O)[C@]56C)CC[C@]4(C)[C@H]3C[C@H](O)[C@]12C. The first kappa shape index (κ1) is 43.4. The third kappa shape index (κ3) is 6.78. The molecule has 330 valence electrons. The molecule has 0 aromatic carbocycles. The zero-order chi connectivity index (χ0) is 41.7. The van der Waals surface area contributed by atoms with Gasteiger partial charge in [0, 0.05) is 18.9 Å². The topological polar surface area (TPSA) is 157 Å². The van der Waals surface area contributed by atoms with Crippen LogP contribution in [0.15, 0.2) is 0 Å². The Hall–Kier alpha value is -1.26. The smallest absolute Gasteiger partial charge is 0.305 e. The standard InChI is InChI=1S/C49H81NO8/c1-26(32-10-12-35-45-37(25-41(55)48(32,35)5)47(4)19-17-31(51)21-29(47)23-39(45)53)8-14-42(56)50-30-16-18-46(3)28(20-30)22-38(52)44-34-13-11-33(27(2)9-15-43(57)58-7)49(34,6)40(54)24-36(44)46/h26-41,44-45,51-55H,8-25H2,1-7H3,(H,50,56)/t26-,27-,28+,29+,30+,31-,32-,33-,34+,35+,36+,37+,38-,39-,40+,41+,44+,45+,46+,47+,48-,49-/m1/s1.